The molecule has 0 unspecified atom stereocenters. The number of anilines is 1. The summed E-state index contributed by atoms with van der Waals surface area (Å²) in [5.74, 6) is 0. The highest BCUT2D eigenvalue weighted by molar-refractivity contribution is 6.30. The Morgan fingerprint density at radius 2 is 1.86 bits per heavy atom. The summed E-state index contributed by atoms with van der Waals surface area (Å²) in [6.45, 7) is 0.605. The van der Waals surface area contributed by atoms with Crippen LogP contribution < -0.4 is 5.32 Å². The lowest BCUT2D eigenvalue weighted by Crippen LogP contribution is -2.43. The summed E-state index contributed by atoms with van der Waals surface area (Å²) in [5, 5.41) is 12.7. The van der Waals surface area contributed by atoms with Crippen molar-refractivity contribution in [1.29, 1.82) is 5.26 Å². The zero-order valence-corrected chi connectivity index (χ0v) is 15.9. The molecule has 0 spiro atoms. The summed E-state index contributed by atoms with van der Waals surface area (Å²) in [5.41, 5.74) is 4.50. The van der Waals surface area contributed by atoms with E-state index in [1.54, 1.807) is 24.3 Å². The van der Waals surface area contributed by atoms with Gasteiger partial charge in [0.05, 0.1) is 17.7 Å². The van der Waals surface area contributed by atoms with Crippen LogP contribution in [-0.2, 0) is 6.42 Å². The van der Waals surface area contributed by atoms with Gasteiger partial charge in [0.25, 0.3) is 0 Å². The van der Waals surface area contributed by atoms with Gasteiger partial charge >= 0.3 is 6.03 Å². The number of fused-ring (bicyclic) bond motifs is 1. The zero-order valence-electron chi connectivity index (χ0n) is 15.1. The molecular weight excluding hydrogens is 370 g/mol. The third kappa shape index (κ3) is 3.58. The molecule has 1 aliphatic rings. The molecule has 0 bridgehead atoms. The summed E-state index contributed by atoms with van der Waals surface area (Å²) < 4.78 is 0. The van der Waals surface area contributed by atoms with Crippen LogP contribution >= 0.6 is 11.6 Å². The van der Waals surface area contributed by atoms with Crippen LogP contribution in [-0.4, -0.2) is 17.5 Å². The molecule has 1 aliphatic heterocycles. The van der Waals surface area contributed by atoms with Crippen molar-refractivity contribution in [3.63, 3.8) is 0 Å². The van der Waals surface area contributed by atoms with Crippen molar-refractivity contribution in [2.45, 2.75) is 12.5 Å². The number of nitrogens with zero attached hydrogens (tertiary/aromatic N) is 2. The fraction of sp³-hybridized carbons (Fsp3) is 0.130. The predicted molar refractivity (Wildman–Crippen MR) is 110 cm³/mol. The molecule has 0 saturated carbocycles. The van der Waals surface area contributed by atoms with Crippen LogP contribution in [0.5, 0.6) is 0 Å². The first-order valence-electron chi connectivity index (χ1n) is 9.07. The summed E-state index contributed by atoms with van der Waals surface area (Å²) in [6.07, 6.45) is 0.798. The number of halogens is 1. The standard InChI is InChI=1S/C23H18ClN3O/c24-19-10-8-18(9-11-19)22-21-7-2-1-5-17(21)12-13-27(22)23(28)26-20-6-3-4-16(14-20)15-25/h1-11,14,22H,12-13H2,(H,26,28)/t22-/m0/s1. The molecule has 0 aliphatic carbocycles. The average Bonchev–Trinajstić information content (AvgIpc) is 2.73. The minimum Gasteiger partial charge on any atom is -0.313 e. The highest BCUT2D eigenvalue weighted by Crippen LogP contribution is 2.36. The van der Waals surface area contributed by atoms with Gasteiger partial charge in [-0.2, -0.15) is 5.26 Å². The molecule has 1 atom stereocenters. The Bertz CT molecular complexity index is 1060. The second kappa shape index (κ2) is 7.75. The van der Waals surface area contributed by atoms with Gasteiger partial charge in [0.15, 0.2) is 0 Å². The Labute approximate surface area is 169 Å². The average molecular weight is 388 g/mol. The van der Waals surface area contributed by atoms with E-state index in [-0.39, 0.29) is 12.1 Å². The van der Waals surface area contributed by atoms with Crippen LogP contribution in [0.15, 0.2) is 72.8 Å². The van der Waals surface area contributed by atoms with Crippen LogP contribution in [0.3, 0.4) is 0 Å². The zero-order chi connectivity index (χ0) is 19.5. The van der Waals surface area contributed by atoms with E-state index in [1.807, 2.05) is 41.3 Å². The summed E-state index contributed by atoms with van der Waals surface area (Å²) in [6, 6.07) is 24.5. The maximum absolute atomic E-state index is 13.1. The third-order valence-electron chi connectivity index (χ3n) is 4.97. The minimum atomic E-state index is -0.193. The van der Waals surface area contributed by atoms with Gasteiger partial charge in [0, 0.05) is 17.3 Å². The van der Waals surface area contributed by atoms with Gasteiger partial charge in [-0.25, -0.2) is 4.79 Å². The normalized spacial score (nSPS) is 15.4. The molecule has 2 amide bonds. The number of benzene rings is 3. The lowest BCUT2D eigenvalue weighted by Gasteiger charge is -2.37. The Kier molecular flexibility index (Phi) is 5.01. The van der Waals surface area contributed by atoms with Crippen LogP contribution in [0.1, 0.15) is 28.3 Å². The first kappa shape index (κ1) is 18.1. The molecule has 4 nitrogen and oxygen atoms in total. The fourth-order valence-electron chi connectivity index (χ4n) is 3.65. The van der Waals surface area contributed by atoms with Gasteiger partial charge in [0.2, 0.25) is 0 Å². The van der Waals surface area contributed by atoms with Gasteiger partial charge in [-0.3, -0.25) is 0 Å². The van der Waals surface area contributed by atoms with E-state index in [9.17, 15) is 4.79 Å². The van der Waals surface area contributed by atoms with E-state index in [0.29, 0.717) is 22.8 Å². The molecule has 0 fully saturated rings. The fourth-order valence-corrected chi connectivity index (χ4v) is 3.78. The molecule has 0 saturated heterocycles. The van der Waals surface area contributed by atoms with E-state index in [0.717, 1.165) is 17.5 Å². The van der Waals surface area contributed by atoms with Crippen molar-refractivity contribution >= 4 is 23.3 Å². The number of carbonyl (C=O) groups excluding carboxylic acids is 1. The highest BCUT2D eigenvalue weighted by Gasteiger charge is 2.32. The molecule has 28 heavy (non-hydrogen) atoms. The van der Waals surface area contributed by atoms with Gasteiger partial charge < -0.3 is 10.2 Å². The molecule has 1 heterocycles. The Hall–Kier alpha value is -3.29. The Morgan fingerprint density at radius 1 is 1.07 bits per heavy atom. The van der Waals surface area contributed by atoms with Crippen molar-refractivity contribution in [2.24, 2.45) is 0 Å². The number of amides is 2. The van der Waals surface area contributed by atoms with Crippen molar-refractivity contribution in [3.8, 4) is 6.07 Å². The minimum absolute atomic E-state index is 0.190. The van der Waals surface area contributed by atoms with Gasteiger partial charge in [0.1, 0.15) is 0 Å². The number of nitriles is 1. The Balaban J connectivity index is 1.69. The largest absolute Gasteiger partial charge is 0.322 e. The van der Waals surface area contributed by atoms with Crippen molar-refractivity contribution < 1.29 is 4.79 Å². The number of carbonyl (C=O) groups is 1. The van der Waals surface area contributed by atoms with Crippen LogP contribution in [0.4, 0.5) is 10.5 Å². The summed E-state index contributed by atoms with van der Waals surface area (Å²) >= 11 is 6.07. The lowest BCUT2D eigenvalue weighted by atomic mass is 9.88. The Morgan fingerprint density at radius 3 is 2.64 bits per heavy atom. The number of hydrogen-bond donors (Lipinski definition) is 1. The van der Waals surface area contributed by atoms with Gasteiger partial charge in [-0.1, -0.05) is 54.1 Å². The number of nitrogens with one attached hydrogen (secondary N) is 1. The quantitative estimate of drug-likeness (QED) is 0.640. The molecular formula is C23H18ClN3O. The summed E-state index contributed by atoms with van der Waals surface area (Å²) in [4.78, 5) is 15.0. The lowest BCUT2D eigenvalue weighted by molar-refractivity contribution is 0.194. The second-order valence-corrected chi connectivity index (χ2v) is 7.16. The molecule has 3 aromatic carbocycles. The number of hydrogen-bond acceptors (Lipinski definition) is 2. The van der Waals surface area contributed by atoms with Gasteiger partial charge in [-0.15, -0.1) is 0 Å². The highest BCUT2D eigenvalue weighted by atomic mass is 35.5. The first-order chi connectivity index (χ1) is 13.7. The number of rotatable bonds is 2. The maximum Gasteiger partial charge on any atom is 0.322 e. The van der Waals surface area contributed by atoms with Crippen molar-refractivity contribution in [3.05, 3.63) is 100 Å². The van der Waals surface area contributed by atoms with E-state index >= 15 is 0 Å². The second-order valence-electron chi connectivity index (χ2n) is 6.72. The third-order valence-corrected chi connectivity index (χ3v) is 5.22. The first-order valence-corrected chi connectivity index (χ1v) is 9.44. The van der Waals surface area contributed by atoms with E-state index in [1.165, 1.54) is 5.56 Å². The smallest absolute Gasteiger partial charge is 0.313 e. The predicted octanol–water partition coefficient (Wildman–Crippen LogP) is 5.39. The topological polar surface area (TPSA) is 56.1 Å². The van der Waals surface area contributed by atoms with E-state index in [2.05, 4.69) is 23.5 Å². The van der Waals surface area contributed by atoms with Crippen LogP contribution in [0, 0.1) is 11.3 Å². The molecule has 4 rings (SSSR count). The van der Waals surface area contributed by atoms with Crippen LogP contribution in [0.2, 0.25) is 5.02 Å². The van der Waals surface area contributed by atoms with Gasteiger partial charge in [-0.05, 0) is 53.4 Å². The summed E-state index contributed by atoms with van der Waals surface area (Å²) in [7, 11) is 0. The number of urea groups is 1. The van der Waals surface area contributed by atoms with E-state index < -0.39 is 0 Å². The molecule has 0 radical (unpaired) electrons. The molecule has 1 N–H and O–H groups in total. The molecule has 138 valence electrons. The maximum atomic E-state index is 13.1. The van der Waals surface area contributed by atoms with Crippen LogP contribution in [0.25, 0.3) is 0 Å². The van der Waals surface area contributed by atoms with E-state index in [4.69, 9.17) is 16.9 Å². The molecule has 0 aromatic heterocycles. The SMILES string of the molecule is N#Cc1cccc(NC(=O)N2CCc3ccccc3[C@@H]2c2ccc(Cl)cc2)c1. The molecule has 3 aromatic rings. The van der Waals surface area contributed by atoms with Crippen molar-refractivity contribution in [2.75, 3.05) is 11.9 Å². The molecule has 5 heteroatoms. The van der Waals surface area contributed by atoms with Crippen molar-refractivity contribution in [1.82, 2.24) is 4.90 Å². The monoisotopic (exact) mass is 387 g/mol.